The number of hydrogen-bond donors (Lipinski definition) is 1. The third-order valence-electron chi connectivity index (χ3n) is 3.89. The number of urea groups is 1. The second-order valence-corrected chi connectivity index (χ2v) is 7.68. The van der Waals surface area contributed by atoms with Crippen molar-refractivity contribution in [3.63, 3.8) is 0 Å². The molecule has 2 amide bonds. The molecule has 130 valence electrons. The molecule has 2 aromatic heterocycles. The number of nitrogens with one attached hydrogen (secondary N) is 1. The van der Waals surface area contributed by atoms with E-state index in [0.29, 0.717) is 19.6 Å². The van der Waals surface area contributed by atoms with Crippen LogP contribution in [0.3, 0.4) is 0 Å². The van der Waals surface area contributed by atoms with Crippen LogP contribution in [0.4, 0.5) is 4.79 Å². The average Bonchev–Trinajstić information content (AvgIpc) is 3.34. The Labute approximate surface area is 149 Å². The molecule has 24 heavy (non-hydrogen) atoms. The van der Waals surface area contributed by atoms with Crippen molar-refractivity contribution in [1.29, 1.82) is 0 Å². The largest absolute Gasteiger partial charge is 0.376 e. The molecule has 0 aliphatic carbocycles. The summed E-state index contributed by atoms with van der Waals surface area (Å²) < 4.78 is 5.69. The van der Waals surface area contributed by atoms with E-state index in [1.807, 2.05) is 17.2 Å². The molecule has 1 atom stereocenters. The number of hydrogen-bond acceptors (Lipinski definition) is 6. The maximum absolute atomic E-state index is 12.6. The summed E-state index contributed by atoms with van der Waals surface area (Å²) in [5.74, 6) is 0. The van der Waals surface area contributed by atoms with Crippen molar-refractivity contribution in [3.8, 4) is 0 Å². The van der Waals surface area contributed by atoms with E-state index in [1.54, 1.807) is 22.7 Å². The van der Waals surface area contributed by atoms with Gasteiger partial charge in [-0.2, -0.15) is 11.3 Å². The number of aryl methyl sites for hydroxylation is 1. The van der Waals surface area contributed by atoms with E-state index in [4.69, 9.17) is 4.74 Å². The van der Waals surface area contributed by atoms with Gasteiger partial charge in [0.15, 0.2) is 0 Å². The van der Waals surface area contributed by atoms with Crippen LogP contribution in [-0.4, -0.2) is 40.4 Å². The van der Waals surface area contributed by atoms with Gasteiger partial charge in [0.2, 0.25) is 0 Å². The Kier molecular flexibility index (Phi) is 6.17. The second kappa shape index (κ2) is 8.55. The molecule has 3 rings (SSSR count). The molecule has 1 fully saturated rings. The highest BCUT2D eigenvalue weighted by Gasteiger charge is 2.23. The lowest BCUT2D eigenvalue weighted by Gasteiger charge is -2.25. The van der Waals surface area contributed by atoms with Gasteiger partial charge < -0.3 is 15.0 Å². The Hall–Kier alpha value is -1.51. The zero-order valence-electron chi connectivity index (χ0n) is 13.7. The molecule has 1 N–H and O–H groups in total. The number of thiophene rings is 1. The van der Waals surface area contributed by atoms with Gasteiger partial charge in [0.05, 0.1) is 12.6 Å². The van der Waals surface area contributed by atoms with Gasteiger partial charge in [-0.05, 0) is 41.7 Å². The quantitative estimate of drug-likeness (QED) is 0.818. The van der Waals surface area contributed by atoms with Crippen LogP contribution in [0.2, 0.25) is 0 Å². The highest BCUT2D eigenvalue weighted by molar-refractivity contribution is 7.11. The topological polar surface area (TPSA) is 67.4 Å². The third-order valence-corrected chi connectivity index (χ3v) is 5.69. The van der Waals surface area contributed by atoms with E-state index in [-0.39, 0.29) is 12.1 Å². The summed E-state index contributed by atoms with van der Waals surface area (Å²) in [6.45, 7) is 4.49. The lowest BCUT2D eigenvalue weighted by molar-refractivity contribution is 0.0794. The maximum Gasteiger partial charge on any atom is 0.318 e. The van der Waals surface area contributed by atoms with Gasteiger partial charge in [-0.15, -0.1) is 10.2 Å². The number of carbonyl (C=O) groups excluding carboxylic acids is 1. The SMILES string of the molecule is CCc1nnc(CNC(=O)N(Cc2ccsc2)CC2CCCO2)s1. The minimum Gasteiger partial charge on any atom is -0.376 e. The number of amides is 2. The minimum atomic E-state index is -0.0788. The number of carbonyl (C=O) groups is 1. The van der Waals surface area contributed by atoms with E-state index in [2.05, 4.69) is 27.0 Å². The van der Waals surface area contributed by atoms with Crippen molar-refractivity contribution in [2.24, 2.45) is 0 Å². The molecular formula is C16H22N4O2S2. The smallest absolute Gasteiger partial charge is 0.318 e. The zero-order valence-corrected chi connectivity index (χ0v) is 15.4. The minimum absolute atomic E-state index is 0.0788. The molecule has 0 bridgehead atoms. The van der Waals surface area contributed by atoms with E-state index in [0.717, 1.165) is 41.4 Å². The number of nitrogens with zero attached hydrogens (tertiary/aromatic N) is 3. The summed E-state index contributed by atoms with van der Waals surface area (Å²) in [7, 11) is 0. The van der Waals surface area contributed by atoms with E-state index in [9.17, 15) is 4.79 Å². The normalized spacial score (nSPS) is 17.1. The zero-order chi connectivity index (χ0) is 16.8. The van der Waals surface area contributed by atoms with Gasteiger partial charge >= 0.3 is 6.03 Å². The van der Waals surface area contributed by atoms with E-state index >= 15 is 0 Å². The summed E-state index contributed by atoms with van der Waals surface area (Å²) in [6.07, 6.45) is 3.10. The third kappa shape index (κ3) is 4.75. The lowest BCUT2D eigenvalue weighted by atomic mass is 10.2. The summed E-state index contributed by atoms with van der Waals surface area (Å²) in [4.78, 5) is 14.5. The lowest BCUT2D eigenvalue weighted by Crippen LogP contribution is -2.43. The molecular weight excluding hydrogens is 344 g/mol. The fraction of sp³-hybridized carbons (Fsp3) is 0.562. The first-order valence-corrected chi connectivity index (χ1v) is 9.97. The van der Waals surface area contributed by atoms with Crippen LogP contribution in [0.15, 0.2) is 16.8 Å². The standard InChI is InChI=1S/C16H22N4O2S2/c1-2-14-18-19-15(24-14)8-17-16(21)20(9-12-5-7-23-11-12)10-13-4-3-6-22-13/h5,7,11,13H,2-4,6,8-10H2,1H3,(H,17,21). The van der Waals surface area contributed by atoms with Crippen molar-refractivity contribution in [2.45, 2.75) is 45.4 Å². The van der Waals surface area contributed by atoms with Crippen LogP contribution in [0.25, 0.3) is 0 Å². The monoisotopic (exact) mass is 366 g/mol. The first-order valence-electron chi connectivity index (χ1n) is 8.21. The molecule has 1 saturated heterocycles. The molecule has 0 saturated carbocycles. The van der Waals surface area contributed by atoms with Gasteiger partial charge in [-0.3, -0.25) is 0 Å². The average molecular weight is 367 g/mol. The van der Waals surface area contributed by atoms with Crippen molar-refractivity contribution < 1.29 is 9.53 Å². The van der Waals surface area contributed by atoms with Gasteiger partial charge in [0, 0.05) is 19.7 Å². The molecule has 1 aliphatic heterocycles. The summed E-state index contributed by atoms with van der Waals surface area (Å²) >= 11 is 3.19. The predicted octanol–water partition coefficient (Wildman–Crippen LogP) is 3.05. The summed E-state index contributed by atoms with van der Waals surface area (Å²) in [5, 5.41) is 17.1. The highest BCUT2D eigenvalue weighted by Crippen LogP contribution is 2.17. The van der Waals surface area contributed by atoms with E-state index in [1.165, 1.54) is 0 Å². The van der Waals surface area contributed by atoms with Crippen molar-refractivity contribution in [3.05, 3.63) is 32.4 Å². The molecule has 1 aliphatic rings. The van der Waals surface area contributed by atoms with Gasteiger partial charge in [-0.1, -0.05) is 18.3 Å². The first kappa shape index (κ1) is 17.3. The fourth-order valence-electron chi connectivity index (χ4n) is 2.62. The fourth-order valence-corrected chi connectivity index (χ4v) is 4.01. The molecule has 0 spiro atoms. The second-order valence-electron chi connectivity index (χ2n) is 5.75. The van der Waals surface area contributed by atoms with Crippen LogP contribution in [0, 0.1) is 0 Å². The van der Waals surface area contributed by atoms with Crippen molar-refractivity contribution >= 4 is 28.7 Å². The van der Waals surface area contributed by atoms with Crippen LogP contribution < -0.4 is 5.32 Å². The Morgan fingerprint density at radius 2 is 2.33 bits per heavy atom. The van der Waals surface area contributed by atoms with Crippen LogP contribution >= 0.6 is 22.7 Å². The summed E-state index contributed by atoms with van der Waals surface area (Å²) in [5.41, 5.74) is 1.15. The number of aromatic nitrogens is 2. The van der Waals surface area contributed by atoms with Gasteiger partial charge in [-0.25, -0.2) is 4.79 Å². The van der Waals surface area contributed by atoms with Crippen molar-refractivity contribution in [2.75, 3.05) is 13.2 Å². The number of ether oxygens (including phenoxy) is 1. The van der Waals surface area contributed by atoms with Crippen LogP contribution in [0.5, 0.6) is 0 Å². The molecule has 2 aromatic rings. The molecule has 0 radical (unpaired) electrons. The Balaban J connectivity index is 1.58. The molecule has 8 heteroatoms. The summed E-state index contributed by atoms with van der Waals surface area (Å²) in [6, 6.07) is 1.98. The highest BCUT2D eigenvalue weighted by atomic mass is 32.1. The Morgan fingerprint density at radius 1 is 1.46 bits per heavy atom. The first-order chi connectivity index (χ1) is 11.7. The van der Waals surface area contributed by atoms with Crippen LogP contribution in [0.1, 0.15) is 35.3 Å². The van der Waals surface area contributed by atoms with Gasteiger partial charge in [0.1, 0.15) is 10.0 Å². The van der Waals surface area contributed by atoms with Crippen LogP contribution in [-0.2, 0) is 24.2 Å². The molecule has 6 nitrogen and oxygen atoms in total. The van der Waals surface area contributed by atoms with E-state index < -0.39 is 0 Å². The molecule has 3 heterocycles. The Bertz CT molecular complexity index is 638. The maximum atomic E-state index is 12.6. The number of rotatable bonds is 7. The molecule has 0 aromatic carbocycles. The predicted molar refractivity (Wildman–Crippen MR) is 95.2 cm³/mol. The molecule has 1 unspecified atom stereocenters. The van der Waals surface area contributed by atoms with Crippen molar-refractivity contribution in [1.82, 2.24) is 20.4 Å². The van der Waals surface area contributed by atoms with Gasteiger partial charge in [0.25, 0.3) is 0 Å². The Morgan fingerprint density at radius 3 is 3.00 bits per heavy atom.